The van der Waals surface area contributed by atoms with Crippen LogP contribution in [0.5, 0.6) is 0 Å². The number of benzene rings is 2. The van der Waals surface area contributed by atoms with E-state index in [9.17, 15) is 9.18 Å². The second-order valence-corrected chi connectivity index (χ2v) is 7.63. The van der Waals surface area contributed by atoms with Gasteiger partial charge in [-0.25, -0.2) is 4.39 Å². The van der Waals surface area contributed by atoms with E-state index < -0.39 is 5.82 Å². The topological polar surface area (TPSA) is 23.6 Å². The molecular formula is C24H26ClFN2O. The third-order valence-electron chi connectivity index (χ3n) is 5.18. The van der Waals surface area contributed by atoms with Crippen molar-refractivity contribution in [1.29, 1.82) is 0 Å². The number of amides is 1. The van der Waals surface area contributed by atoms with E-state index in [0.29, 0.717) is 11.6 Å². The van der Waals surface area contributed by atoms with Crippen LogP contribution in [0.4, 0.5) is 10.1 Å². The van der Waals surface area contributed by atoms with Crippen LogP contribution >= 0.6 is 11.6 Å². The van der Waals surface area contributed by atoms with Crippen molar-refractivity contribution < 1.29 is 9.18 Å². The highest BCUT2D eigenvalue weighted by molar-refractivity contribution is 6.30. The first-order valence-electron chi connectivity index (χ1n) is 9.94. The zero-order chi connectivity index (χ0) is 20.8. The van der Waals surface area contributed by atoms with Crippen LogP contribution in [-0.4, -0.2) is 30.4 Å². The van der Waals surface area contributed by atoms with Gasteiger partial charge in [0.2, 0.25) is 0 Å². The molecule has 5 heteroatoms. The number of carbonyl (C=O) groups excluding carboxylic acids is 1. The van der Waals surface area contributed by atoms with E-state index in [0.717, 1.165) is 37.2 Å². The number of carbonyl (C=O) groups is 1. The average Bonchev–Trinajstić information content (AvgIpc) is 3.07. The Morgan fingerprint density at radius 1 is 1.31 bits per heavy atom. The quantitative estimate of drug-likeness (QED) is 0.494. The predicted octanol–water partition coefficient (Wildman–Crippen LogP) is 6.02. The normalized spacial score (nSPS) is 15.6. The van der Waals surface area contributed by atoms with Gasteiger partial charge in [0.25, 0.3) is 5.91 Å². The molecule has 0 bridgehead atoms. The number of hydrogen-bond donors (Lipinski definition) is 0. The van der Waals surface area contributed by atoms with E-state index in [4.69, 9.17) is 11.6 Å². The lowest BCUT2D eigenvalue weighted by molar-refractivity contribution is 0.0984. The number of nitrogens with zero attached hydrogens (tertiary/aromatic N) is 2. The van der Waals surface area contributed by atoms with Crippen molar-refractivity contribution in [2.75, 3.05) is 24.5 Å². The van der Waals surface area contributed by atoms with Crippen molar-refractivity contribution in [3.05, 3.63) is 89.4 Å². The van der Waals surface area contributed by atoms with E-state index in [-0.39, 0.29) is 17.4 Å². The fourth-order valence-electron chi connectivity index (χ4n) is 3.79. The maximum absolute atomic E-state index is 14.2. The maximum atomic E-state index is 14.2. The van der Waals surface area contributed by atoms with Crippen molar-refractivity contribution in [1.82, 2.24) is 4.90 Å². The zero-order valence-electron chi connectivity index (χ0n) is 16.7. The summed E-state index contributed by atoms with van der Waals surface area (Å²) in [4.78, 5) is 17.0. The van der Waals surface area contributed by atoms with E-state index in [2.05, 4.69) is 18.4 Å². The molecule has 0 N–H and O–H groups in total. The molecule has 0 saturated carbocycles. The lowest BCUT2D eigenvalue weighted by Crippen LogP contribution is -2.31. The first-order valence-corrected chi connectivity index (χ1v) is 10.3. The van der Waals surface area contributed by atoms with Gasteiger partial charge in [-0.1, -0.05) is 43.3 Å². The zero-order valence-corrected chi connectivity index (χ0v) is 17.4. The standard InChI is InChI=1S/C24H26ClFN2O/c1-3-5-14-27(13-4-2)15-12-18-17-28(23-11-10-19(25)16-21(18)23)24(29)20-8-6-7-9-22(20)26/h3,5-11,14,16,18H,1,4,12-13,15,17H2,2H3/b14-5+. The summed E-state index contributed by atoms with van der Waals surface area (Å²) in [5.41, 5.74) is 1.96. The van der Waals surface area contributed by atoms with Crippen molar-refractivity contribution in [3.63, 3.8) is 0 Å². The molecular weight excluding hydrogens is 387 g/mol. The number of allylic oxidation sites excluding steroid dienone is 2. The number of halogens is 2. The summed E-state index contributed by atoms with van der Waals surface area (Å²) in [6, 6.07) is 11.7. The molecule has 0 fully saturated rings. The van der Waals surface area contributed by atoms with Gasteiger partial charge in [-0.2, -0.15) is 0 Å². The van der Waals surface area contributed by atoms with E-state index in [1.165, 1.54) is 12.1 Å². The Hall–Kier alpha value is -2.59. The Kier molecular flexibility index (Phi) is 7.10. The second-order valence-electron chi connectivity index (χ2n) is 7.20. The molecule has 1 amide bonds. The molecule has 1 aliphatic heterocycles. The Bertz CT molecular complexity index is 912. The predicted molar refractivity (Wildman–Crippen MR) is 118 cm³/mol. The van der Waals surface area contributed by atoms with Gasteiger partial charge in [0, 0.05) is 36.3 Å². The molecule has 3 nitrogen and oxygen atoms in total. The molecule has 1 atom stereocenters. The van der Waals surface area contributed by atoms with Crippen LogP contribution in [0.2, 0.25) is 5.02 Å². The fraction of sp³-hybridized carbons (Fsp3) is 0.292. The van der Waals surface area contributed by atoms with Gasteiger partial charge in [-0.15, -0.1) is 0 Å². The van der Waals surface area contributed by atoms with Crippen LogP contribution < -0.4 is 4.90 Å². The maximum Gasteiger partial charge on any atom is 0.261 e. The Morgan fingerprint density at radius 3 is 2.83 bits per heavy atom. The van der Waals surface area contributed by atoms with Crippen molar-refractivity contribution >= 4 is 23.2 Å². The van der Waals surface area contributed by atoms with Gasteiger partial charge in [-0.05, 0) is 61.0 Å². The van der Waals surface area contributed by atoms with Gasteiger partial charge in [0.15, 0.2) is 0 Å². The van der Waals surface area contributed by atoms with Crippen LogP contribution in [0.15, 0.2) is 67.4 Å². The molecule has 1 heterocycles. The van der Waals surface area contributed by atoms with Gasteiger partial charge in [-0.3, -0.25) is 4.79 Å². The highest BCUT2D eigenvalue weighted by Gasteiger charge is 2.33. The summed E-state index contributed by atoms with van der Waals surface area (Å²) in [5.74, 6) is -0.665. The summed E-state index contributed by atoms with van der Waals surface area (Å²) < 4.78 is 14.2. The van der Waals surface area contributed by atoms with Gasteiger partial charge >= 0.3 is 0 Å². The molecule has 0 spiro atoms. The van der Waals surface area contributed by atoms with Gasteiger partial charge in [0.1, 0.15) is 5.82 Å². The monoisotopic (exact) mass is 412 g/mol. The van der Waals surface area contributed by atoms with E-state index >= 15 is 0 Å². The first kappa shape index (κ1) is 21.1. The first-order chi connectivity index (χ1) is 14.0. The second kappa shape index (κ2) is 9.75. The van der Waals surface area contributed by atoms with Crippen LogP contribution in [0.1, 0.15) is 41.6 Å². The van der Waals surface area contributed by atoms with E-state index in [1.807, 2.05) is 24.4 Å². The number of anilines is 1. The molecule has 2 aromatic carbocycles. The average molecular weight is 413 g/mol. The number of fused-ring (bicyclic) bond motifs is 1. The molecule has 0 radical (unpaired) electrons. The summed E-state index contributed by atoms with van der Waals surface area (Å²) in [7, 11) is 0. The highest BCUT2D eigenvalue weighted by atomic mass is 35.5. The Balaban J connectivity index is 1.83. The molecule has 0 aromatic heterocycles. The molecule has 0 aliphatic carbocycles. The van der Waals surface area contributed by atoms with Gasteiger partial charge in [0.05, 0.1) is 5.56 Å². The molecule has 1 aliphatic rings. The van der Waals surface area contributed by atoms with Crippen LogP contribution in [0, 0.1) is 5.82 Å². The SMILES string of the molecule is C=C/C=C/N(CCC)CCC1CN(C(=O)c2ccccc2F)c2ccc(Cl)cc21. The third kappa shape index (κ3) is 4.88. The molecule has 0 saturated heterocycles. The summed E-state index contributed by atoms with van der Waals surface area (Å²) >= 11 is 6.24. The third-order valence-corrected chi connectivity index (χ3v) is 5.42. The molecule has 2 aromatic rings. The highest BCUT2D eigenvalue weighted by Crippen LogP contribution is 2.40. The summed E-state index contributed by atoms with van der Waals surface area (Å²) in [6.45, 7) is 8.21. The lowest BCUT2D eigenvalue weighted by atomic mass is 9.97. The molecule has 3 rings (SSSR count). The minimum atomic E-state index is -0.500. The van der Waals surface area contributed by atoms with Crippen LogP contribution in [-0.2, 0) is 0 Å². The van der Waals surface area contributed by atoms with Crippen LogP contribution in [0.3, 0.4) is 0 Å². The van der Waals surface area contributed by atoms with Gasteiger partial charge < -0.3 is 9.80 Å². The molecule has 29 heavy (non-hydrogen) atoms. The smallest absolute Gasteiger partial charge is 0.261 e. The van der Waals surface area contributed by atoms with Crippen LogP contribution in [0.25, 0.3) is 0 Å². The Morgan fingerprint density at radius 2 is 2.10 bits per heavy atom. The molecule has 152 valence electrons. The summed E-state index contributed by atoms with van der Waals surface area (Å²) in [6.07, 6.45) is 7.67. The number of hydrogen-bond acceptors (Lipinski definition) is 2. The fourth-order valence-corrected chi connectivity index (χ4v) is 3.97. The van der Waals surface area contributed by atoms with Crippen molar-refractivity contribution in [2.45, 2.75) is 25.7 Å². The minimum absolute atomic E-state index is 0.0931. The number of rotatable bonds is 8. The largest absolute Gasteiger partial charge is 0.377 e. The Labute approximate surface area is 177 Å². The minimum Gasteiger partial charge on any atom is -0.377 e. The molecule has 1 unspecified atom stereocenters. The van der Waals surface area contributed by atoms with Crippen molar-refractivity contribution in [3.8, 4) is 0 Å². The lowest BCUT2D eigenvalue weighted by Gasteiger charge is -2.22. The van der Waals surface area contributed by atoms with E-state index in [1.54, 1.807) is 29.2 Å². The van der Waals surface area contributed by atoms with Crippen molar-refractivity contribution in [2.24, 2.45) is 0 Å². The summed E-state index contributed by atoms with van der Waals surface area (Å²) in [5, 5.41) is 0.644.